The van der Waals surface area contributed by atoms with Crippen molar-refractivity contribution in [3.05, 3.63) is 34.3 Å². The summed E-state index contributed by atoms with van der Waals surface area (Å²) in [7, 11) is 0. The van der Waals surface area contributed by atoms with Crippen molar-refractivity contribution in [3.63, 3.8) is 0 Å². The van der Waals surface area contributed by atoms with Gasteiger partial charge in [-0.05, 0) is 45.4 Å². The number of carboxylic acids is 1. The fourth-order valence-electron chi connectivity index (χ4n) is 1.94. The molecule has 1 aromatic rings. The highest BCUT2D eigenvalue weighted by Crippen LogP contribution is 2.19. The third-order valence-electron chi connectivity index (χ3n) is 3.32. The number of aliphatic carboxylic acids is 1. The topological polar surface area (TPSA) is 75.6 Å². The van der Waals surface area contributed by atoms with Crippen LogP contribution in [0.15, 0.2) is 28.7 Å². The maximum absolute atomic E-state index is 12.3. The van der Waals surface area contributed by atoms with Crippen LogP contribution in [0.25, 0.3) is 0 Å². The number of hydrogen-bond acceptors (Lipinski definition) is 3. The van der Waals surface area contributed by atoms with Crippen LogP contribution in [0.5, 0.6) is 0 Å². The lowest BCUT2D eigenvalue weighted by Gasteiger charge is -2.22. The molecule has 5 nitrogen and oxygen atoms in total. The summed E-state index contributed by atoms with van der Waals surface area (Å²) in [6.45, 7) is 7.72. The average Bonchev–Trinajstić information content (AvgIpc) is 2.44. The van der Waals surface area contributed by atoms with Crippen molar-refractivity contribution in [3.8, 4) is 0 Å². The molecule has 0 radical (unpaired) electrons. The molecule has 0 heterocycles. The minimum atomic E-state index is -1.06. The SMILES string of the molecule is CC(C(=O)NC(CCOC(C)(C)C)C(=O)O)c1ccc(Br)cc1. The number of hydrogen-bond donors (Lipinski definition) is 2. The third-order valence-corrected chi connectivity index (χ3v) is 3.85. The molecule has 0 aromatic heterocycles. The van der Waals surface area contributed by atoms with Crippen LogP contribution >= 0.6 is 15.9 Å². The molecule has 1 rings (SSSR count). The van der Waals surface area contributed by atoms with E-state index in [0.717, 1.165) is 10.0 Å². The van der Waals surface area contributed by atoms with E-state index in [2.05, 4.69) is 21.2 Å². The van der Waals surface area contributed by atoms with Crippen LogP contribution < -0.4 is 5.32 Å². The number of benzene rings is 1. The summed E-state index contributed by atoms with van der Waals surface area (Å²) in [5.74, 6) is -1.79. The van der Waals surface area contributed by atoms with Gasteiger partial charge in [-0.3, -0.25) is 4.79 Å². The van der Waals surface area contributed by atoms with E-state index in [4.69, 9.17) is 4.74 Å². The Hall–Kier alpha value is -1.40. The van der Waals surface area contributed by atoms with Crippen molar-refractivity contribution >= 4 is 27.8 Å². The molecule has 2 unspecified atom stereocenters. The van der Waals surface area contributed by atoms with Crippen LogP contribution in [0.2, 0.25) is 0 Å². The average molecular weight is 386 g/mol. The molecule has 0 saturated carbocycles. The molecule has 0 bridgehead atoms. The first-order valence-electron chi connectivity index (χ1n) is 7.53. The summed E-state index contributed by atoms with van der Waals surface area (Å²) in [5, 5.41) is 11.8. The number of ether oxygens (including phenoxy) is 1. The molecule has 0 aliphatic carbocycles. The van der Waals surface area contributed by atoms with Gasteiger partial charge in [-0.2, -0.15) is 0 Å². The quantitative estimate of drug-likeness (QED) is 0.754. The maximum Gasteiger partial charge on any atom is 0.326 e. The molecule has 1 amide bonds. The van der Waals surface area contributed by atoms with Gasteiger partial charge in [0.05, 0.1) is 11.5 Å². The second kappa shape index (κ2) is 8.45. The zero-order chi connectivity index (χ0) is 17.6. The zero-order valence-electron chi connectivity index (χ0n) is 13.9. The molecule has 0 fully saturated rings. The minimum Gasteiger partial charge on any atom is -0.480 e. The van der Waals surface area contributed by atoms with Crippen molar-refractivity contribution in [2.45, 2.75) is 51.7 Å². The number of nitrogens with one attached hydrogen (secondary N) is 1. The molecule has 0 saturated heterocycles. The fourth-order valence-corrected chi connectivity index (χ4v) is 2.20. The largest absolute Gasteiger partial charge is 0.480 e. The predicted octanol–water partition coefficient (Wildman–Crippen LogP) is 3.33. The van der Waals surface area contributed by atoms with Gasteiger partial charge in [0.2, 0.25) is 5.91 Å². The molecule has 1 aromatic carbocycles. The summed E-state index contributed by atoms with van der Waals surface area (Å²) < 4.78 is 6.46. The molecule has 0 aliphatic rings. The van der Waals surface area contributed by atoms with Crippen molar-refractivity contribution < 1.29 is 19.4 Å². The van der Waals surface area contributed by atoms with Gasteiger partial charge in [-0.25, -0.2) is 4.79 Å². The lowest BCUT2D eigenvalue weighted by Crippen LogP contribution is -2.43. The predicted molar refractivity (Wildman–Crippen MR) is 92.4 cm³/mol. The fraction of sp³-hybridized carbons (Fsp3) is 0.529. The Kier molecular flexibility index (Phi) is 7.22. The zero-order valence-corrected chi connectivity index (χ0v) is 15.5. The van der Waals surface area contributed by atoms with E-state index >= 15 is 0 Å². The molecular weight excluding hydrogens is 362 g/mol. The van der Waals surface area contributed by atoms with Crippen molar-refractivity contribution in [1.82, 2.24) is 5.32 Å². The first-order chi connectivity index (χ1) is 10.6. The van der Waals surface area contributed by atoms with Gasteiger partial charge in [-0.15, -0.1) is 0 Å². The Labute approximate surface area is 145 Å². The third kappa shape index (κ3) is 7.14. The number of carbonyl (C=O) groups is 2. The Morgan fingerprint density at radius 1 is 1.26 bits per heavy atom. The van der Waals surface area contributed by atoms with Crippen LogP contribution in [0.4, 0.5) is 0 Å². The van der Waals surface area contributed by atoms with Gasteiger partial charge in [0, 0.05) is 17.5 Å². The first-order valence-corrected chi connectivity index (χ1v) is 8.32. The second-order valence-electron chi connectivity index (χ2n) is 6.42. The number of halogens is 1. The van der Waals surface area contributed by atoms with Crippen LogP contribution in [0.1, 0.15) is 45.6 Å². The van der Waals surface area contributed by atoms with E-state index in [9.17, 15) is 14.7 Å². The monoisotopic (exact) mass is 385 g/mol. The van der Waals surface area contributed by atoms with E-state index in [1.54, 1.807) is 6.92 Å². The molecule has 0 spiro atoms. The van der Waals surface area contributed by atoms with E-state index in [0.29, 0.717) is 0 Å². The number of carboxylic acid groups (broad SMARTS) is 1. The highest BCUT2D eigenvalue weighted by atomic mass is 79.9. The Morgan fingerprint density at radius 3 is 2.30 bits per heavy atom. The first kappa shape index (κ1) is 19.6. The van der Waals surface area contributed by atoms with Crippen molar-refractivity contribution in [2.24, 2.45) is 0 Å². The smallest absolute Gasteiger partial charge is 0.326 e. The van der Waals surface area contributed by atoms with E-state index in [-0.39, 0.29) is 24.5 Å². The number of rotatable bonds is 7. The van der Waals surface area contributed by atoms with Gasteiger partial charge in [0.15, 0.2) is 0 Å². The van der Waals surface area contributed by atoms with Gasteiger partial charge < -0.3 is 15.2 Å². The second-order valence-corrected chi connectivity index (χ2v) is 7.34. The van der Waals surface area contributed by atoms with Crippen LogP contribution in [0.3, 0.4) is 0 Å². The summed E-state index contributed by atoms with van der Waals surface area (Å²) >= 11 is 3.34. The molecule has 2 N–H and O–H groups in total. The molecule has 2 atom stereocenters. The van der Waals surface area contributed by atoms with Crippen molar-refractivity contribution in [2.75, 3.05) is 6.61 Å². The van der Waals surface area contributed by atoms with Gasteiger partial charge in [0.1, 0.15) is 6.04 Å². The van der Waals surface area contributed by atoms with Gasteiger partial charge >= 0.3 is 5.97 Å². The highest BCUT2D eigenvalue weighted by Gasteiger charge is 2.24. The number of amides is 1. The van der Waals surface area contributed by atoms with E-state index in [1.807, 2.05) is 45.0 Å². The molecule has 23 heavy (non-hydrogen) atoms. The minimum absolute atomic E-state index is 0.228. The Balaban J connectivity index is 2.63. The number of carbonyl (C=O) groups excluding carboxylic acids is 1. The van der Waals surface area contributed by atoms with E-state index < -0.39 is 17.9 Å². The molecule has 128 valence electrons. The summed E-state index contributed by atoms with van der Waals surface area (Å²) in [4.78, 5) is 23.6. The van der Waals surface area contributed by atoms with Crippen LogP contribution in [-0.2, 0) is 14.3 Å². The summed E-state index contributed by atoms with van der Waals surface area (Å²) in [5.41, 5.74) is 0.499. The highest BCUT2D eigenvalue weighted by molar-refractivity contribution is 9.10. The normalized spacial score (nSPS) is 14.1. The lowest BCUT2D eigenvalue weighted by molar-refractivity contribution is -0.143. The van der Waals surface area contributed by atoms with Crippen molar-refractivity contribution in [1.29, 1.82) is 0 Å². The standard InChI is InChI=1S/C17H24BrNO4/c1-11(12-5-7-13(18)8-6-12)15(20)19-14(16(21)22)9-10-23-17(2,3)4/h5-8,11,14H,9-10H2,1-4H3,(H,19,20)(H,21,22). The van der Waals surface area contributed by atoms with Gasteiger partial charge in [-0.1, -0.05) is 28.1 Å². The van der Waals surface area contributed by atoms with Crippen LogP contribution in [-0.4, -0.2) is 35.2 Å². The Bertz CT molecular complexity index is 537. The maximum atomic E-state index is 12.3. The molecule has 0 aliphatic heterocycles. The van der Waals surface area contributed by atoms with E-state index in [1.165, 1.54) is 0 Å². The summed E-state index contributed by atoms with van der Waals surface area (Å²) in [6, 6.07) is 6.43. The molecule has 6 heteroatoms. The molecular formula is C17H24BrNO4. The summed E-state index contributed by atoms with van der Waals surface area (Å²) in [6.07, 6.45) is 0.228. The van der Waals surface area contributed by atoms with Crippen LogP contribution in [0, 0.1) is 0 Å². The van der Waals surface area contributed by atoms with Gasteiger partial charge in [0.25, 0.3) is 0 Å². The Morgan fingerprint density at radius 2 is 1.83 bits per heavy atom. The lowest BCUT2D eigenvalue weighted by atomic mass is 10.00.